The topological polar surface area (TPSA) is 49.1 Å². The second-order valence-corrected chi connectivity index (χ2v) is 3.15. The van der Waals surface area contributed by atoms with E-state index in [1.807, 2.05) is 12.3 Å². The van der Waals surface area contributed by atoms with Crippen molar-refractivity contribution in [3.8, 4) is 0 Å². The van der Waals surface area contributed by atoms with Crippen LogP contribution in [0.2, 0.25) is 0 Å². The van der Waals surface area contributed by atoms with Gasteiger partial charge in [0.25, 0.3) is 0 Å². The summed E-state index contributed by atoms with van der Waals surface area (Å²) in [5.41, 5.74) is 2.07. The molecule has 0 aliphatic carbocycles. The quantitative estimate of drug-likeness (QED) is 0.568. The Hall–Kier alpha value is -1.71. The molecule has 0 aromatic rings. The van der Waals surface area contributed by atoms with Gasteiger partial charge in [-0.15, -0.1) is 0 Å². The summed E-state index contributed by atoms with van der Waals surface area (Å²) < 4.78 is 0. The molecule has 4 nitrogen and oxygen atoms in total. The minimum Gasteiger partial charge on any atom is -0.347 e. The van der Waals surface area contributed by atoms with Crippen molar-refractivity contribution < 1.29 is 0 Å². The van der Waals surface area contributed by atoms with Crippen molar-refractivity contribution in [2.24, 2.45) is 20.9 Å². The van der Waals surface area contributed by atoms with Crippen molar-refractivity contribution in [3.63, 3.8) is 0 Å². The smallest absolute Gasteiger partial charge is 0.105 e. The SMILES string of the molecule is C1=CC2C(=NC=C3NC=NC32)C=N1. The fourth-order valence-electron chi connectivity index (χ4n) is 1.73. The molecule has 0 aromatic carbocycles. The zero-order chi connectivity index (χ0) is 8.67. The van der Waals surface area contributed by atoms with Crippen LogP contribution in [0.15, 0.2) is 39.2 Å². The summed E-state index contributed by atoms with van der Waals surface area (Å²) in [7, 11) is 0. The van der Waals surface area contributed by atoms with Crippen molar-refractivity contribution in [3.05, 3.63) is 24.2 Å². The molecule has 2 atom stereocenters. The Morgan fingerprint density at radius 2 is 2.38 bits per heavy atom. The molecule has 0 spiro atoms. The van der Waals surface area contributed by atoms with Gasteiger partial charge in [0.15, 0.2) is 0 Å². The van der Waals surface area contributed by atoms with Gasteiger partial charge in [-0.2, -0.15) is 0 Å². The molecular weight excluding hydrogens is 164 g/mol. The highest BCUT2D eigenvalue weighted by atomic mass is 15.1. The van der Waals surface area contributed by atoms with E-state index in [1.165, 1.54) is 0 Å². The lowest BCUT2D eigenvalue weighted by molar-refractivity contribution is 0.686. The summed E-state index contributed by atoms with van der Waals surface area (Å²) >= 11 is 0. The van der Waals surface area contributed by atoms with Crippen LogP contribution in [0.1, 0.15) is 0 Å². The van der Waals surface area contributed by atoms with Gasteiger partial charge in [0.2, 0.25) is 0 Å². The number of nitrogens with one attached hydrogen (secondary N) is 1. The molecule has 0 bridgehead atoms. The molecule has 3 heterocycles. The number of rotatable bonds is 0. The Morgan fingerprint density at radius 1 is 1.38 bits per heavy atom. The zero-order valence-electron chi connectivity index (χ0n) is 6.88. The van der Waals surface area contributed by atoms with Gasteiger partial charge < -0.3 is 5.32 Å². The Kier molecular flexibility index (Phi) is 1.24. The van der Waals surface area contributed by atoms with E-state index >= 15 is 0 Å². The lowest BCUT2D eigenvalue weighted by Crippen LogP contribution is -2.32. The first kappa shape index (κ1) is 6.77. The predicted octanol–water partition coefficient (Wildman–Crippen LogP) is 0.497. The van der Waals surface area contributed by atoms with Crippen LogP contribution in [0.4, 0.5) is 0 Å². The molecule has 0 saturated carbocycles. The maximum absolute atomic E-state index is 4.34. The summed E-state index contributed by atoms with van der Waals surface area (Å²) in [6.07, 6.45) is 9.20. The third-order valence-corrected chi connectivity index (χ3v) is 2.41. The van der Waals surface area contributed by atoms with Crippen LogP contribution in [-0.4, -0.2) is 24.3 Å². The van der Waals surface area contributed by atoms with E-state index in [0.717, 1.165) is 11.4 Å². The summed E-state index contributed by atoms with van der Waals surface area (Å²) in [4.78, 5) is 12.7. The molecule has 64 valence electrons. The van der Waals surface area contributed by atoms with Gasteiger partial charge in [0.05, 0.1) is 23.7 Å². The first-order valence-electron chi connectivity index (χ1n) is 4.21. The van der Waals surface area contributed by atoms with Crippen molar-refractivity contribution in [2.45, 2.75) is 6.04 Å². The largest absolute Gasteiger partial charge is 0.347 e. The van der Waals surface area contributed by atoms with E-state index < -0.39 is 0 Å². The van der Waals surface area contributed by atoms with Crippen molar-refractivity contribution in [2.75, 3.05) is 0 Å². The first-order valence-corrected chi connectivity index (χ1v) is 4.21. The van der Waals surface area contributed by atoms with Gasteiger partial charge >= 0.3 is 0 Å². The maximum Gasteiger partial charge on any atom is 0.105 e. The van der Waals surface area contributed by atoms with Crippen LogP contribution >= 0.6 is 0 Å². The Bertz CT molecular complexity index is 386. The molecule has 0 fully saturated rings. The number of hydrogen-bond acceptors (Lipinski definition) is 4. The standard InChI is InChI=1S/C9H8N4/c1-2-10-3-7-6(1)9-8(4-11-7)12-5-13-9/h1-6,9H,(H,12,13). The molecule has 3 rings (SSSR count). The molecule has 0 radical (unpaired) electrons. The fourth-order valence-corrected chi connectivity index (χ4v) is 1.73. The van der Waals surface area contributed by atoms with Crippen molar-refractivity contribution in [1.82, 2.24) is 5.32 Å². The lowest BCUT2D eigenvalue weighted by atomic mass is 9.90. The van der Waals surface area contributed by atoms with Gasteiger partial charge in [-0.05, 0) is 0 Å². The highest BCUT2D eigenvalue weighted by Gasteiger charge is 2.31. The Morgan fingerprint density at radius 3 is 3.38 bits per heavy atom. The summed E-state index contributed by atoms with van der Waals surface area (Å²) in [5, 5.41) is 3.08. The highest BCUT2D eigenvalue weighted by Crippen LogP contribution is 2.25. The summed E-state index contributed by atoms with van der Waals surface area (Å²) in [5.74, 6) is 0.267. The Balaban J connectivity index is 2.07. The Labute approximate surface area is 75.5 Å². The van der Waals surface area contributed by atoms with Crippen LogP contribution in [0, 0.1) is 5.92 Å². The predicted molar refractivity (Wildman–Crippen MR) is 52.1 cm³/mol. The van der Waals surface area contributed by atoms with E-state index in [-0.39, 0.29) is 12.0 Å². The molecule has 13 heavy (non-hydrogen) atoms. The highest BCUT2D eigenvalue weighted by molar-refractivity contribution is 6.33. The first-order chi connectivity index (χ1) is 6.45. The average molecular weight is 172 g/mol. The molecular formula is C9H8N4. The third-order valence-electron chi connectivity index (χ3n) is 2.41. The van der Waals surface area contributed by atoms with E-state index in [1.54, 1.807) is 18.8 Å². The van der Waals surface area contributed by atoms with Crippen LogP contribution in [-0.2, 0) is 0 Å². The van der Waals surface area contributed by atoms with Gasteiger partial charge in [0, 0.05) is 18.6 Å². The number of aliphatic imine (C=N–C) groups is 3. The molecule has 2 unspecified atom stereocenters. The molecule has 0 saturated heterocycles. The molecule has 4 heteroatoms. The molecule has 0 aromatic heterocycles. The van der Waals surface area contributed by atoms with Crippen LogP contribution < -0.4 is 5.32 Å². The number of fused-ring (bicyclic) bond motifs is 3. The second-order valence-electron chi connectivity index (χ2n) is 3.15. The molecule has 1 N–H and O–H groups in total. The zero-order valence-corrected chi connectivity index (χ0v) is 6.88. The van der Waals surface area contributed by atoms with E-state index in [4.69, 9.17) is 0 Å². The third kappa shape index (κ3) is 0.884. The van der Waals surface area contributed by atoms with E-state index in [9.17, 15) is 0 Å². The fraction of sp³-hybridized carbons (Fsp3) is 0.222. The second kappa shape index (κ2) is 2.39. The van der Waals surface area contributed by atoms with Gasteiger partial charge in [0.1, 0.15) is 6.04 Å². The minimum atomic E-state index is 0.190. The average Bonchev–Trinajstić information content (AvgIpc) is 2.65. The van der Waals surface area contributed by atoms with E-state index in [2.05, 4.69) is 20.3 Å². The molecule has 3 aliphatic heterocycles. The van der Waals surface area contributed by atoms with E-state index in [0.29, 0.717) is 0 Å². The van der Waals surface area contributed by atoms with Crippen molar-refractivity contribution >= 4 is 18.3 Å². The molecule has 3 aliphatic rings. The number of nitrogens with zero attached hydrogens (tertiary/aromatic N) is 3. The maximum atomic E-state index is 4.34. The minimum absolute atomic E-state index is 0.190. The van der Waals surface area contributed by atoms with Gasteiger partial charge in [-0.25, -0.2) is 0 Å². The molecule has 0 amide bonds. The van der Waals surface area contributed by atoms with Crippen LogP contribution in [0.3, 0.4) is 0 Å². The number of hydrogen-bond donors (Lipinski definition) is 1. The van der Waals surface area contributed by atoms with Gasteiger partial charge in [-0.3, -0.25) is 15.0 Å². The van der Waals surface area contributed by atoms with Crippen LogP contribution in [0.25, 0.3) is 0 Å². The van der Waals surface area contributed by atoms with Gasteiger partial charge in [-0.1, -0.05) is 6.08 Å². The van der Waals surface area contributed by atoms with Crippen LogP contribution in [0.5, 0.6) is 0 Å². The summed E-state index contributed by atoms with van der Waals surface area (Å²) in [6, 6.07) is 0.190. The lowest BCUT2D eigenvalue weighted by Gasteiger charge is -2.23. The summed E-state index contributed by atoms with van der Waals surface area (Å²) in [6.45, 7) is 0. The monoisotopic (exact) mass is 172 g/mol. The normalized spacial score (nSPS) is 33.2. The van der Waals surface area contributed by atoms with Crippen molar-refractivity contribution in [1.29, 1.82) is 0 Å².